The summed E-state index contributed by atoms with van der Waals surface area (Å²) in [7, 11) is -7.52. The van der Waals surface area contributed by atoms with E-state index in [1.165, 1.54) is 31.8 Å². The minimum Gasteiger partial charge on any atom is -0.465 e. The topological polar surface area (TPSA) is 116 Å². The van der Waals surface area contributed by atoms with Crippen LogP contribution in [-0.4, -0.2) is 55.8 Å². The summed E-state index contributed by atoms with van der Waals surface area (Å²) >= 11 is 0. The SMILES string of the molecule is CCOC(=O)Cn1ncc2c1CCCC2N(C)S(=O)(=O)c1cc(C(F)(F)F)cc(S(=O)(=O)C(C)C)c1. The number of sulfone groups is 1. The number of benzene rings is 1. The van der Waals surface area contributed by atoms with Gasteiger partial charge in [-0.05, 0) is 58.2 Å². The van der Waals surface area contributed by atoms with Gasteiger partial charge in [-0.3, -0.25) is 9.48 Å². The third-order valence-electron chi connectivity index (χ3n) is 6.09. The number of ether oxygens (including phenoxy) is 1. The van der Waals surface area contributed by atoms with E-state index < -0.39 is 58.7 Å². The summed E-state index contributed by atoms with van der Waals surface area (Å²) in [6.45, 7) is 4.30. The normalized spacial score (nSPS) is 16.9. The molecule has 1 atom stereocenters. The van der Waals surface area contributed by atoms with E-state index in [1.807, 2.05) is 0 Å². The number of alkyl halides is 3. The van der Waals surface area contributed by atoms with Crippen molar-refractivity contribution in [2.75, 3.05) is 13.7 Å². The number of fused-ring (bicyclic) bond motifs is 1. The molecule has 1 aliphatic rings. The van der Waals surface area contributed by atoms with Crippen LogP contribution in [0.5, 0.6) is 0 Å². The Bertz CT molecular complexity index is 1350. The Labute approximate surface area is 208 Å². The van der Waals surface area contributed by atoms with E-state index in [0.29, 0.717) is 42.7 Å². The Hall–Kier alpha value is -2.45. The van der Waals surface area contributed by atoms with Crippen molar-refractivity contribution in [2.45, 2.75) is 73.8 Å². The summed E-state index contributed by atoms with van der Waals surface area (Å²) in [5, 5.41) is 3.13. The van der Waals surface area contributed by atoms with Crippen LogP contribution in [0.15, 0.2) is 34.2 Å². The first kappa shape index (κ1) is 28.1. The first-order valence-corrected chi connectivity index (χ1v) is 14.2. The van der Waals surface area contributed by atoms with Crippen molar-refractivity contribution in [2.24, 2.45) is 0 Å². The second-order valence-corrected chi connectivity index (χ2v) is 13.2. The average molecular weight is 552 g/mol. The second-order valence-electron chi connectivity index (χ2n) is 8.72. The first-order valence-electron chi connectivity index (χ1n) is 11.2. The van der Waals surface area contributed by atoms with Crippen LogP contribution < -0.4 is 0 Å². The van der Waals surface area contributed by atoms with Gasteiger partial charge in [-0.15, -0.1) is 0 Å². The van der Waals surface area contributed by atoms with Crippen molar-refractivity contribution >= 4 is 25.8 Å². The highest BCUT2D eigenvalue weighted by atomic mass is 32.2. The zero-order valence-electron chi connectivity index (χ0n) is 20.2. The number of carbonyl (C=O) groups is 1. The molecule has 1 aromatic carbocycles. The molecule has 0 bridgehead atoms. The van der Waals surface area contributed by atoms with Crippen molar-refractivity contribution in [3.63, 3.8) is 0 Å². The maximum atomic E-state index is 13.6. The lowest BCUT2D eigenvalue weighted by molar-refractivity contribution is -0.144. The number of rotatable bonds is 8. The Morgan fingerprint density at radius 3 is 2.42 bits per heavy atom. The van der Waals surface area contributed by atoms with Crippen molar-refractivity contribution in [1.82, 2.24) is 14.1 Å². The van der Waals surface area contributed by atoms with Crippen molar-refractivity contribution in [3.8, 4) is 0 Å². The number of halogens is 3. The van der Waals surface area contributed by atoms with E-state index in [2.05, 4.69) is 5.10 Å². The highest BCUT2D eigenvalue weighted by Gasteiger charge is 2.38. The van der Waals surface area contributed by atoms with Gasteiger partial charge in [-0.2, -0.15) is 22.6 Å². The van der Waals surface area contributed by atoms with Crippen LogP contribution in [-0.2, 0) is 48.5 Å². The summed E-state index contributed by atoms with van der Waals surface area (Å²) in [5.74, 6) is -0.505. The Morgan fingerprint density at radius 1 is 1.19 bits per heavy atom. The Kier molecular flexibility index (Phi) is 7.92. The molecule has 0 saturated carbocycles. The molecule has 0 spiro atoms. The molecule has 1 heterocycles. The molecule has 0 saturated heterocycles. The minimum absolute atomic E-state index is 0.156. The minimum atomic E-state index is -4.96. The largest absolute Gasteiger partial charge is 0.465 e. The Balaban J connectivity index is 2.06. The van der Waals surface area contributed by atoms with Crippen LogP contribution in [0.3, 0.4) is 0 Å². The molecule has 200 valence electrons. The van der Waals surface area contributed by atoms with Crippen LogP contribution in [0.2, 0.25) is 0 Å². The fourth-order valence-corrected chi connectivity index (χ4v) is 6.73. The van der Waals surface area contributed by atoms with Gasteiger partial charge in [0.15, 0.2) is 9.84 Å². The first-order chi connectivity index (χ1) is 16.6. The lowest BCUT2D eigenvalue weighted by Gasteiger charge is -2.31. The predicted octanol–water partition coefficient (Wildman–Crippen LogP) is 3.35. The van der Waals surface area contributed by atoms with Crippen LogP contribution in [0.25, 0.3) is 0 Å². The standard InChI is InChI=1S/C22H28F3N3O6S2/c1-5-34-21(29)13-28-20-8-6-7-19(18(20)12-26-28)27(4)36(32,33)17-10-15(22(23,24)25)9-16(11-17)35(30,31)14(2)3/h9-12,14,19H,5-8,13H2,1-4H3. The lowest BCUT2D eigenvalue weighted by atomic mass is 9.93. The molecule has 0 N–H and O–H groups in total. The zero-order valence-corrected chi connectivity index (χ0v) is 21.9. The van der Waals surface area contributed by atoms with Gasteiger partial charge in [-0.25, -0.2) is 16.8 Å². The van der Waals surface area contributed by atoms with Gasteiger partial charge in [0.05, 0.1) is 39.4 Å². The van der Waals surface area contributed by atoms with E-state index in [9.17, 15) is 34.8 Å². The lowest BCUT2D eigenvalue weighted by Crippen LogP contribution is -2.34. The quantitative estimate of drug-likeness (QED) is 0.462. The van der Waals surface area contributed by atoms with E-state index in [-0.39, 0.29) is 13.2 Å². The van der Waals surface area contributed by atoms with Crippen LogP contribution in [0, 0.1) is 0 Å². The molecule has 36 heavy (non-hydrogen) atoms. The number of hydrogen-bond donors (Lipinski definition) is 0. The van der Waals surface area contributed by atoms with Crippen LogP contribution in [0.1, 0.15) is 56.5 Å². The molecule has 1 unspecified atom stereocenters. The van der Waals surface area contributed by atoms with Crippen molar-refractivity contribution in [1.29, 1.82) is 0 Å². The number of carbonyl (C=O) groups excluding carboxylic acids is 1. The summed E-state index contributed by atoms with van der Waals surface area (Å²) < 4.78 is 100. The maximum Gasteiger partial charge on any atom is 0.416 e. The smallest absolute Gasteiger partial charge is 0.416 e. The van der Waals surface area contributed by atoms with E-state index in [0.717, 1.165) is 10.4 Å². The van der Waals surface area contributed by atoms with Gasteiger partial charge in [0.25, 0.3) is 0 Å². The molecule has 0 radical (unpaired) electrons. The maximum absolute atomic E-state index is 13.6. The molecule has 0 aliphatic heterocycles. The average Bonchev–Trinajstić information content (AvgIpc) is 3.20. The van der Waals surface area contributed by atoms with Crippen molar-refractivity contribution < 1.29 is 39.5 Å². The van der Waals surface area contributed by atoms with E-state index in [4.69, 9.17) is 4.74 Å². The monoisotopic (exact) mass is 551 g/mol. The zero-order chi connectivity index (χ0) is 27.1. The van der Waals surface area contributed by atoms with E-state index in [1.54, 1.807) is 6.92 Å². The molecule has 14 heteroatoms. The molecule has 1 aromatic heterocycles. The van der Waals surface area contributed by atoms with Gasteiger partial charge >= 0.3 is 12.1 Å². The Morgan fingerprint density at radius 2 is 1.83 bits per heavy atom. The molecular weight excluding hydrogens is 523 g/mol. The van der Waals surface area contributed by atoms with Crippen LogP contribution in [0.4, 0.5) is 13.2 Å². The number of esters is 1. The fourth-order valence-electron chi connectivity index (χ4n) is 4.09. The number of nitrogens with zero attached hydrogens (tertiary/aromatic N) is 3. The molecule has 3 rings (SSSR count). The fraction of sp³-hybridized carbons (Fsp3) is 0.545. The highest BCUT2D eigenvalue weighted by Crippen LogP contribution is 2.39. The number of hydrogen-bond acceptors (Lipinski definition) is 7. The predicted molar refractivity (Wildman–Crippen MR) is 123 cm³/mol. The second kappa shape index (κ2) is 10.1. The third-order valence-corrected chi connectivity index (χ3v) is 10.1. The molecule has 2 aromatic rings. The van der Waals surface area contributed by atoms with Gasteiger partial charge in [0.1, 0.15) is 6.54 Å². The summed E-state index contributed by atoms with van der Waals surface area (Å²) in [6.07, 6.45) is -2.09. The summed E-state index contributed by atoms with van der Waals surface area (Å²) in [6, 6.07) is 0.894. The van der Waals surface area contributed by atoms with Gasteiger partial charge in [0, 0.05) is 18.3 Å². The molecule has 0 fully saturated rings. The molecule has 0 amide bonds. The molecule has 9 nitrogen and oxygen atoms in total. The summed E-state index contributed by atoms with van der Waals surface area (Å²) in [5.41, 5.74) is -0.213. The van der Waals surface area contributed by atoms with E-state index >= 15 is 0 Å². The molecular formula is C22H28F3N3O6S2. The van der Waals surface area contributed by atoms with Gasteiger partial charge < -0.3 is 4.74 Å². The third kappa shape index (κ3) is 5.44. The van der Waals surface area contributed by atoms with Gasteiger partial charge in [-0.1, -0.05) is 0 Å². The van der Waals surface area contributed by atoms with Crippen molar-refractivity contribution in [3.05, 3.63) is 41.2 Å². The summed E-state index contributed by atoms with van der Waals surface area (Å²) in [4.78, 5) is 10.4. The molecule has 1 aliphatic carbocycles. The highest BCUT2D eigenvalue weighted by molar-refractivity contribution is 7.92. The van der Waals surface area contributed by atoms with Crippen LogP contribution >= 0.6 is 0 Å². The number of aromatic nitrogens is 2. The number of sulfonamides is 1. The van der Waals surface area contributed by atoms with Gasteiger partial charge in [0.2, 0.25) is 10.0 Å².